The maximum absolute atomic E-state index is 12.1. The first kappa shape index (κ1) is 14.2. The summed E-state index contributed by atoms with van der Waals surface area (Å²) in [6.07, 6.45) is -3.94. The van der Waals surface area contributed by atoms with E-state index >= 15 is 0 Å². The van der Waals surface area contributed by atoms with Crippen LogP contribution in [-0.4, -0.2) is 48.3 Å². The summed E-state index contributed by atoms with van der Waals surface area (Å²) in [7, 11) is -4.61. The van der Waals surface area contributed by atoms with E-state index < -0.39 is 34.0 Å². The van der Waals surface area contributed by atoms with E-state index in [-0.39, 0.29) is 13.0 Å². The highest BCUT2D eigenvalue weighted by Crippen LogP contribution is 2.25. The normalized spacial score (nSPS) is 23.6. The standard InChI is InChI=1S/C8H12F3NO4S/c9-8(10,11)5-17(15,16)12-4-2-1-3-6(12)7(13)14/h6H,1-5H2,(H,13,14). The lowest BCUT2D eigenvalue weighted by Gasteiger charge is -2.32. The van der Waals surface area contributed by atoms with Crippen LogP contribution in [0.2, 0.25) is 0 Å². The fourth-order valence-corrected chi connectivity index (χ4v) is 3.34. The summed E-state index contributed by atoms with van der Waals surface area (Å²) in [4.78, 5) is 10.8. The summed E-state index contributed by atoms with van der Waals surface area (Å²) < 4.78 is 59.6. The zero-order valence-electron chi connectivity index (χ0n) is 8.77. The third-order valence-corrected chi connectivity index (χ3v) is 4.29. The summed E-state index contributed by atoms with van der Waals surface area (Å²) in [6.45, 7) is -0.171. The highest BCUT2D eigenvalue weighted by atomic mass is 32.2. The molecule has 1 fully saturated rings. The Morgan fingerprint density at radius 1 is 1.35 bits per heavy atom. The van der Waals surface area contributed by atoms with Crippen LogP contribution in [0.3, 0.4) is 0 Å². The van der Waals surface area contributed by atoms with Crippen LogP contribution in [0.1, 0.15) is 19.3 Å². The van der Waals surface area contributed by atoms with Gasteiger partial charge in [0.2, 0.25) is 10.0 Å². The molecular formula is C8H12F3NO4S. The van der Waals surface area contributed by atoms with E-state index in [2.05, 4.69) is 0 Å². The largest absolute Gasteiger partial charge is 0.480 e. The molecule has 0 aromatic carbocycles. The Bertz CT molecular complexity index is 392. The molecular weight excluding hydrogens is 263 g/mol. The van der Waals surface area contributed by atoms with Gasteiger partial charge in [-0.15, -0.1) is 0 Å². The van der Waals surface area contributed by atoms with Crippen molar-refractivity contribution in [1.82, 2.24) is 4.31 Å². The van der Waals surface area contributed by atoms with Crippen LogP contribution < -0.4 is 0 Å². The zero-order valence-corrected chi connectivity index (χ0v) is 9.59. The van der Waals surface area contributed by atoms with Gasteiger partial charge in [-0.25, -0.2) is 8.42 Å². The van der Waals surface area contributed by atoms with Crippen molar-refractivity contribution in [3.63, 3.8) is 0 Å². The van der Waals surface area contributed by atoms with Crippen LogP contribution in [0.5, 0.6) is 0 Å². The van der Waals surface area contributed by atoms with Crippen molar-refractivity contribution in [2.75, 3.05) is 12.3 Å². The molecule has 1 unspecified atom stereocenters. The summed E-state index contributed by atoms with van der Waals surface area (Å²) in [5, 5.41) is 8.78. The first-order chi connectivity index (χ1) is 7.63. The highest BCUT2D eigenvalue weighted by molar-refractivity contribution is 7.89. The lowest BCUT2D eigenvalue weighted by molar-refractivity contribution is -0.142. The van der Waals surface area contributed by atoms with E-state index in [4.69, 9.17) is 5.11 Å². The SMILES string of the molecule is O=C(O)C1CCCCN1S(=O)(=O)CC(F)(F)F. The van der Waals surface area contributed by atoms with E-state index in [0.717, 1.165) is 0 Å². The molecule has 0 radical (unpaired) electrons. The molecule has 1 heterocycles. The fraction of sp³-hybridized carbons (Fsp3) is 0.875. The van der Waals surface area contributed by atoms with Crippen molar-refractivity contribution < 1.29 is 31.5 Å². The molecule has 0 saturated carbocycles. The van der Waals surface area contributed by atoms with Crippen molar-refractivity contribution in [3.05, 3.63) is 0 Å². The second-order valence-corrected chi connectivity index (χ2v) is 5.75. The number of hydrogen-bond donors (Lipinski definition) is 1. The van der Waals surface area contributed by atoms with E-state index in [9.17, 15) is 26.4 Å². The van der Waals surface area contributed by atoms with Crippen molar-refractivity contribution in [2.24, 2.45) is 0 Å². The average molecular weight is 275 g/mol. The van der Waals surface area contributed by atoms with Crippen LogP contribution >= 0.6 is 0 Å². The Morgan fingerprint density at radius 2 is 1.94 bits per heavy atom. The van der Waals surface area contributed by atoms with Gasteiger partial charge in [0.1, 0.15) is 6.04 Å². The van der Waals surface area contributed by atoms with Gasteiger partial charge in [-0.3, -0.25) is 4.79 Å². The number of aliphatic carboxylic acids is 1. The topological polar surface area (TPSA) is 74.7 Å². The molecule has 0 aliphatic carbocycles. The Hall–Kier alpha value is -0.830. The van der Waals surface area contributed by atoms with Crippen LogP contribution in [-0.2, 0) is 14.8 Å². The molecule has 0 spiro atoms. The Morgan fingerprint density at radius 3 is 2.41 bits per heavy atom. The van der Waals surface area contributed by atoms with Gasteiger partial charge in [0.15, 0.2) is 5.75 Å². The molecule has 1 aliphatic rings. The molecule has 0 aromatic rings. The van der Waals surface area contributed by atoms with Crippen LogP contribution in [0.15, 0.2) is 0 Å². The molecule has 17 heavy (non-hydrogen) atoms. The van der Waals surface area contributed by atoms with Gasteiger partial charge in [-0.1, -0.05) is 0 Å². The van der Waals surface area contributed by atoms with E-state index in [1.54, 1.807) is 0 Å². The molecule has 1 N–H and O–H groups in total. The predicted octanol–water partition coefficient (Wildman–Crippen LogP) is 0.818. The average Bonchev–Trinajstić information content (AvgIpc) is 2.14. The van der Waals surface area contributed by atoms with Gasteiger partial charge < -0.3 is 5.11 Å². The summed E-state index contributed by atoms with van der Waals surface area (Å²) in [6, 6.07) is -1.38. The second kappa shape index (κ2) is 4.81. The summed E-state index contributed by atoms with van der Waals surface area (Å²) in [5.74, 6) is -3.42. The first-order valence-corrected chi connectivity index (χ1v) is 6.53. The number of rotatable bonds is 3. The third kappa shape index (κ3) is 3.84. The number of sulfonamides is 1. The Balaban J connectivity index is 2.91. The van der Waals surface area contributed by atoms with Gasteiger partial charge in [-0.2, -0.15) is 17.5 Å². The summed E-state index contributed by atoms with van der Waals surface area (Å²) in [5.41, 5.74) is 0. The minimum Gasteiger partial charge on any atom is -0.480 e. The number of carboxylic acids is 1. The van der Waals surface area contributed by atoms with E-state index in [1.165, 1.54) is 0 Å². The number of carbonyl (C=O) groups is 1. The predicted molar refractivity (Wildman–Crippen MR) is 51.8 cm³/mol. The zero-order chi connectivity index (χ0) is 13.3. The van der Waals surface area contributed by atoms with Gasteiger partial charge in [0.05, 0.1) is 0 Å². The molecule has 1 aliphatic heterocycles. The Kier molecular flexibility index (Phi) is 4.03. The van der Waals surface area contributed by atoms with Crippen LogP contribution in [0.4, 0.5) is 13.2 Å². The van der Waals surface area contributed by atoms with Gasteiger partial charge in [0, 0.05) is 6.54 Å². The second-order valence-electron chi connectivity index (χ2n) is 3.83. The molecule has 0 bridgehead atoms. The van der Waals surface area contributed by atoms with Crippen LogP contribution in [0, 0.1) is 0 Å². The monoisotopic (exact) mass is 275 g/mol. The van der Waals surface area contributed by atoms with Crippen molar-refractivity contribution >= 4 is 16.0 Å². The maximum atomic E-state index is 12.1. The Labute approximate surface area is 96.3 Å². The molecule has 9 heteroatoms. The molecule has 0 aromatic heterocycles. The van der Waals surface area contributed by atoms with E-state index in [0.29, 0.717) is 17.1 Å². The minimum absolute atomic E-state index is 0.0480. The van der Waals surface area contributed by atoms with Gasteiger partial charge in [0.25, 0.3) is 0 Å². The number of piperidine rings is 1. The smallest absolute Gasteiger partial charge is 0.404 e. The molecule has 1 atom stereocenters. The van der Waals surface area contributed by atoms with E-state index in [1.807, 2.05) is 0 Å². The van der Waals surface area contributed by atoms with Crippen LogP contribution in [0.25, 0.3) is 0 Å². The van der Waals surface area contributed by atoms with Gasteiger partial charge in [-0.05, 0) is 19.3 Å². The highest BCUT2D eigenvalue weighted by Gasteiger charge is 2.43. The molecule has 1 rings (SSSR count). The first-order valence-electron chi connectivity index (χ1n) is 4.92. The molecule has 1 saturated heterocycles. The van der Waals surface area contributed by atoms with Crippen molar-refractivity contribution in [1.29, 1.82) is 0 Å². The molecule has 100 valence electrons. The van der Waals surface area contributed by atoms with Crippen molar-refractivity contribution in [3.8, 4) is 0 Å². The molecule has 5 nitrogen and oxygen atoms in total. The number of nitrogens with zero attached hydrogens (tertiary/aromatic N) is 1. The summed E-state index contributed by atoms with van der Waals surface area (Å²) >= 11 is 0. The number of alkyl halides is 3. The molecule has 0 amide bonds. The fourth-order valence-electron chi connectivity index (χ4n) is 1.77. The number of carboxylic acid groups (broad SMARTS) is 1. The van der Waals surface area contributed by atoms with Gasteiger partial charge >= 0.3 is 12.1 Å². The lowest BCUT2D eigenvalue weighted by Crippen LogP contribution is -2.50. The number of hydrogen-bond acceptors (Lipinski definition) is 3. The quantitative estimate of drug-likeness (QED) is 0.827. The maximum Gasteiger partial charge on any atom is 0.404 e. The van der Waals surface area contributed by atoms with Crippen molar-refractivity contribution in [2.45, 2.75) is 31.5 Å². The minimum atomic E-state index is -4.86. The number of halogens is 3. The lowest BCUT2D eigenvalue weighted by atomic mass is 10.1. The third-order valence-electron chi connectivity index (χ3n) is 2.44.